The van der Waals surface area contributed by atoms with Crippen molar-refractivity contribution in [1.29, 1.82) is 0 Å². The van der Waals surface area contributed by atoms with Gasteiger partial charge in [0.2, 0.25) is 5.91 Å². The topological polar surface area (TPSA) is 84.7 Å². The molecule has 1 N–H and O–H groups in total. The number of halogens is 1. The second-order valence-electron chi connectivity index (χ2n) is 5.97. The molecule has 2 aromatic rings. The fourth-order valence-electron chi connectivity index (χ4n) is 2.71. The van der Waals surface area contributed by atoms with E-state index in [0.717, 1.165) is 0 Å². The first-order valence-electron chi connectivity index (χ1n) is 8.48. The summed E-state index contributed by atoms with van der Waals surface area (Å²) in [6.45, 7) is 4.48. The Bertz CT molecular complexity index is 828. The zero-order chi connectivity index (χ0) is 20.0. The lowest BCUT2D eigenvalue weighted by Crippen LogP contribution is -2.41. The van der Waals surface area contributed by atoms with Crippen LogP contribution in [0.15, 0.2) is 42.5 Å². The van der Waals surface area contributed by atoms with Crippen LogP contribution in [-0.4, -0.2) is 35.4 Å². The van der Waals surface area contributed by atoms with Crippen molar-refractivity contribution in [3.8, 4) is 5.75 Å². The molecule has 0 aromatic heterocycles. The summed E-state index contributed by atoms with van der Waals surface area (Å²) in [6.07, 6.45) is 0. The number of amides is 1. The third kappa shape index (κ3) is 5.01. The van der Waals surface area contributed by atoms with Crippen LogP contribution in [0.2, 0.25) is 0 Å². The lowest BCUT2D eigenvalue weighted by Gasteiger charge is -2.27. The molecule has 0 aliphatic heterocycles. The number of anilines is 1. The lowest BCUT2D eigenvalue weighted by molar-refractivity contribution is -0.383. The molecule has 144 valence electrons. The Labute approximate surface area is 156 Å². The molecular formula is C19H22FN3O4. The number of nitrogens with zero attached hydrogens (tertiary/aromatic N) is 2. The summed E-state index contributed by atoms with van der Waals surface area (Å²) in [5.41, 5.74) is 0.671. The molecule has 8 heteroatoms. The standard InChI is InChI=1S/C19H22FN3O4/c1-4-22(12-14-9-10-18(27-3)15(20)11-14)13(2)19(24)21-16-7-5-6-8-17(16)23(25)26/h5-11,13H,4,12H2,1-3H3,(H,21,24)/t13-/m1/s1. The number of benzene rings is 2. The van der Waals surface area contributed by atoms with Gasteiger partial charge < -0.3 is 10.1 Å². The maximum Gasteiger partial charge on any atom is 0.292 e. The number of carbonyl (C=O) groups excluding carboxylic acids is 1. The van der Waals surface area contributed by atoms with Crippen molar-refractivity contribution in [2.45, 2.75) is 26.4 Å². The number of methoxy groups -OCH3 is 1. The number of rotatable bonds is 8. The zero-order valence-corrected chi connectivity index (χ0v) is 15.4. The van der Waals surface area contributed by atoms with E-state index in [1.165, 1.54) is 37.4 Å². The van der Waals surface area contributed by atoms with Gasteiger partial charge in [-0.2, -0.15) is 0 Å². The molecule has 0 aliphatic carbocycles. The van der Waals surface area contributed by atoms with Crippen molar-refractivity contribution < 1.29 is 18.8 Å². The first-order valence-corrected chi connectivity index (χ1v) is 8.48. The van der Waals surface area contributed by atoms with E-state index in [2.05, 4.69) is 5.32 Å². The van der Waals surface area contributed by atoms with Crippen molar-refractivity contribution in [2.24, 2.45) is 0 Å². The summed E-state index contributed by atoms with van der Waals surface area (Å²) in [6, 6.07) is 10.0. The number of ether oxygens (including phenoxy) is 1. The van der Waals surface area contributed by atoms with Crippen molar-refractivity contribution >= 4 is 17.3 Å². The predicted octanol–water partition coefficient (Wildman–Crippen LogP) is 3.59. The van der Waals surface area contributed by atoms with Gasteiger partial charge in [0, 0.05) is 12.6 Å². The third-order valence-electron chi connectivity index (χ3n) is 4.29. The highest BCUT2D eigenvalue weighted by molar-refractivity contribution is 5.96. The minimum absolute atomic E-state index is 0.144. The SMILES string of the molecule is CCN(Cc1ccc(OC)c(F)c1)[C@H](C)C(=O)Nc1ccccc1[N+](=O)[O-]. The quantitative estimate of drug-likeness (QED) is 0.563. The van der Waals surface area contributed by atoms with Crippen LogP contribution in [0.25, 0.3) is 0 Å². The molecule has 0 radical (unpaired) electrons. The molecule has 1 atom stereocenters. The number of nitrogens with one attached hydrogen (secondary N) is 1. The largest absolute Gasteiger partial charge is 0.494 e. The number of nitro groups is 1. The Morgan fingerprint density at radius 3 is 2.63 bits per heavy atom. The summed E-state index contributed by atoms with van der Waals surface area (Å²) in [4.78, 5) is 25.0. The number of para-hydroxylation sites is 2. The molecule has 0 fully saturated rings. The summed E-state index contributed by atoms with van der Waals surface area (Å²) < 4.78 is 18.8. The van der Waals surface area contributed by atoms with E-state index in [4.69, 9.17) is 4.74 Å². The summed E-state index contributed by atoms with van der Waals surface area (Å²) in [5, 5.41) is 13.7. The fourth-order valence-corrected chi connectivity index (χ4v) is 2.71. The zero-order valence-electron chi connectivity index (χ0n) is 15.4. The van der Waals surface area contributed by atoms with Gasteiger partial charge in [-0.05, 0) is 37.2 Å². The molecule has 2 aromatic carbocycles. The number of likely N-dealkylation sites (N-methyl/N-ethyl adjacent to an activating group) is 1. The van der Waals surface area contributed by atoms with Crippen LogP contribution >= 0.6 is 0 Å². The van der Waals surface area contributed by atoms with E-state index in [-0.39, 0.29) is 23.0 Å². The van der Waals surface area contributed by atoms with Gasteiger partial charge in [0.05, 0.1) is 18.1 Å². The van der Waals surface area contributed by atoms with E-state index < -0.39 is 16.8 Å². The first-order chi connectivity index (χ1) is 12.9. The average molecular weight is 375 g/mol. The molecule has 2 rings (SSSR count). The molecule has 27 heavy (non-hydrogen) atoms. The van der Waals surface area contributed by atoms with Gasteiger partial charge in [-0.15, -0.1) is 0 Å². The van der Waals surface area contributed by atoms with Crippen LogP contribution in [0.5, 0.6) is 5.75 Å². The van der Waals surface area contributed by atoms with Crippen molar-refractivity contribution in [2.75, 3.05) is 19.0 Å². The van der Waals surface area contributed by atoms with Crippen molar-refractivity contribution in [1.82, 2.24) is 4.90 Å². The predicted molar refractivity (Wildman–Crippen MR) is 100 cm³/mol. The summed E-state index contributed by atoms with van der Waals surface area (Å²) >= 11 is 0. The highest BCUT2D eigenvalue weighted by Gasteiger charge is 2.23. The fraction of sp³-hybridized carbons (Fsp3) is 0.316. The summed E-state index contributed by atoms with van der Waals surface area (Å²) in [7, 11) is 1.39. The molecule has 0 spiro atoms. The first kappa shape index (κ1) is 20.3. The average Bonchev–Trinajstić information content (AvgIpc) is 2.65. The van der Waals surface area contributed by atoms with Gasteiger partial charge >= 0.3 is 0 Å². The van der Waals surface area contributed by atoms with Crippen LogP contribution in [0.4, 0.5) is 15.8 Å². The Morgan fingerprint density at radius 2 is 2.04 bits per heavy atom. The molecule has 0 heterocycles. The molecular weight excluding hydrogens is 353 g/mol. The van der Waals surface area contributed by atoms with Gasteiger partial charge in [-0.25, -0.2) is 4.39 Å². The van der Waals surface area contributed by atoms with Crippen LogP contribution in [-0.2, 0) is 11.3 Å². The van der Waals surface area contributed by atoms with E-state index in [0.29, 0.717) is 18.7 Å². The second-order valence-corrected chi connectivity index (χ2v) is 5.97. The molecule has 0 unspecified atom stereocenters. The normalized spacial score (nSPS) is 11.9. The van der Waals surface area contributed by atoms with Gasteiger partial charge in [0.1, 0.15) is 5.69 Å². The number of hydrogen-bond donors (Lipinski definition) is 1. The van der Waals surface area contributed by atoms with Gasteiger partial charge in [-0.1, -0.05) is 25.1 Å². The van der Waals surface area contributed by atoms with Gasteiger partial charge in [-0.3, -0.25) is 19.8 Å². The smallest absolute Gasteiger partial charge is 0.292 e. The van der Waals surface area contributed by atoms with Crippen molar-refractivity contribution in [3.63, 3.8) is 0 Å². The van der Waals surface area contributed by atoms with Crippen LogP contribution in [0.1, 0.15) is 19.4 Å². The maximum absolute atomic E-state index is 13.9. The molecule has 0 bridgehead atoms. The Kier molecular flexibility index (Phi) is 6.84. The van der Waals surface area contributed by atoms with E-state index in [1.807, 2.05) is 11.8 Å². The number of hydrogen-bond acceptors (Lipinski definition) is 5. The van der Waals surface area contributed by atoms with E-state index >= 15 is 0 Å². The second kappa shape index (κ2) is 9.09. The maximum atomic E-state index is 13.9. The third-order valence-corrected chi connectivity index (χ3v) is 4.29. The Balaban J connectivity index is 2.12. The minimum atomic E-state index is -0.569. The van der Waals surface area contributed by atoms with Crippen LogP contribution < -0.4 is 10.1 Å². The Morgan fingerprint density at radius 1 is 1.33 bits per heavy atom. The lowest BCUT2D eigenvalue weighted by atomic mass is 10.1. The number of carbonyl (C=O) groups is 1. The molecule has 0 saturated heterocycles. The van der Waals surface area contributed by atoms with Crippen LogP contribution in [0.3, 0.4) is 0 Å². The molecule has 7 nitrogen and oxygen atoms in total. The Hall–Kier alpha value is -3.00. The molecule has 0 saturated carbocycles. The molecule has 0 aliphatic rings. The van der Waals surface area contributed by atoms with Crippen LogP contribution in [0, 0.1) is 15.9 Å². The van der Waals surface area contributed by atoms with Gasteiger partial charge in [0.15, 0.2) is 11.6 Å². The minimum Gasteiger partial charge on any atom is -0.494 e. The highest BCUT2D eigenvalue weighted by Crippen LogP contribution is 2.24. The van der Waals surface area contributed by atoms with E-state index in [9.17, 15) is 19.3 Å². The highest BCUT2D eigenvalue weighted by atomic mass is 19.1. The van der Waals surface area contributed by atoms with E-state index in [1.54, 1.807) is 19.1 Å². The molecule has 1 amide bonds. The monoisotopic (exact) mass is 375 g/mol. The van der Waals surface area contributed by atoms with Gasteiger partial charge in [0.25, 0.3) is 5.69 Å². The summed E-state index contributed by atoms with van der Waals surface area (Å²) in [5.74, 6) is -0.688. The van der Waals surface area contributed by atoms with Crippen molar-refractivity contribution in [3.05, 3.63) is 64.0 Å². The number of nitro benzene ring substituents is 1.